The molecule has 0 saturated carbocycles. The maximum atomic E-state index is 2.51. The van der Waals surface area contributed by atoms with Gasteiger partial charge in [0.2, 0.25) is 0 Å². The summed E-state index contributed by atoms with van der Waals surface area (Å²) in [5.41, 5.74) is -0.0472. The fraction of sp³-hybridized carbons (Fsp3) is 0.333. The predicted molar refractivity (Wildman–Crippen MR) is 63.8 cm³/mol. The molecule has 0 heterocycles. The van der Waals surface area contributed by atoms with Crippen molar-refractivity contribution < 1.29 is 23.2 Å². The minimum atomic E-state index is -1.27. The maximum Gasteiger partial charge on any atom is -1.00 e. The van der Waals surface area contributed by atoms with E-state index in [1.54, 1.807) is 0 Å². The van der Waals surface area contributed by atoms with Gasteiger partial charge in [0.15, 0.2) is 0 Å². The molecule has 0 atom stereocenters. The molecule has 2 aliphatic rings. The molecule has 0 aromatic heterocycles. The second-order valence-corrected chi connectivity index (χ2v) is 22.4. The van der Waals surface area contributed by atoms with E-state index >= 15 is 0 Å². The first-order valence-electron chi connectivity index (χ1n) is 5.16. The molecule has 0 N–H and O–H groups in total. The van der Waals surface area contributed by atoms with Crippen LogP contribution in [0.3, 0.4) is 0 Å². The van der Waals surface area contributed by atoms with Gasteiger partial charge in [0.1, 0.15) is 0 Å². The van der Waals surface area contributed by atoms with Gasteiger partial charge in [-0.2, -0.15) is 0 Å². The third-order valence-corrected chi connectivity index (χ3v) is 21.8. The van der Waals surface area contributed by atoms with E-state index in [0.29, 0.717) is 0 Å². The fourth-order valence-electron chi connectivity index (χ4n) is 2.17. The van der Waals surface area contributed by atoms with Gasteiger partial charge in [0.05, 0.1) is 0 Å². The fourth-order valence-corrected chi connectivity index (χ4v) is 19.8. The van der Waals surface area contributed by atoms with E-state index in [9.17, 15) is 0 Å². The average molecular weight is 282 g/mol. The zero-order valence-corrected chi connectivity index (χ0v) is 12.2. The molecule has 0 fully saturated rings. The molecular formula is C12H18SiZr. The second kappa shape index (κ2) is 4.72. The van der Waals surface area contributed by atoms with Crippen LogP contribution in [0.2, 0.25) is 20.3 Å². The van der Waals surface area contributed by atoms with Gasteiger partial charge in [-0.1, -0.05) is 0 Å². The van der Waals surface area contributed by atoms with E-state index in [-0.39, 0.29) is 8.29 Å². The Hall–Kier alpha value is 0.0600. The van der Waals surface area contributed by atoms with E-state index < -0.39 is 20.4 Å². The largest absolute Gasteiger partial charge is 1.00 e. The minimum absolute atomic E-state index is 0. The van der Waals surface area contributed by atoms with Crippen LogP contribution in [0, 0.1) is 0 Å². The molecule has 0 aromatic carbocycles. The summed E-state index contributed by atoms with van der Waals surface area (Å²) in [7, 11) is 0. The summed E-state index contributed by atoms with van der Waals surface area (Å²) in [6.07, 6.45) is 18.7. The van der Waals surface area contributed by atoms with Crippen molar-refractivity contribution in [3.05, 3.63) is 48.6 Å². The summed E-state index contributed by atoms with van der Waals surface area (Å²) in [5, 5.41) is 0. The molecule has 2 aliphatic carbocycles. The molecule has 0 aliphatic heterocycles. The van der Waals surface area contributed by atoms with Gasteiger partial charge < -0.3 is 2.85 Å². The molecule has 0 saturated heterocycles. The van der Waals surface area contributed by atoms with Gasteiger partial charge >= 0.3 is 94.8 Å². The van der Waals surface area contributed by atoms with Crippen LogP contribution in [0.1, 0.15) is 2.85 Å². The standard InChI is InChI=1S/2C5H5.C2H6Si.Zr.2H/c2*1-2-4-5-3-1;1-3-2;;;/h2*1-5H;1-2H3;;;/q;;;+2;2*-1. The maximum absolute atomic E-state index is 2.51. The summed E-state index contributed by atoms with van der Waals surface area (Å²) in [6.45, 7) is 5.03. The SMILES string of the molecule is C[Si](C)=[Zr+2]([CH]1C=CC=C1)[CH]1C=CC=C1.[H-].[H-]. The van der Waals surface area contributed by atoms with E-state index in [4.69, 9.17) is 0 Å². The van der Waals surface area contributed by atoms with Crippen LogP contribution in [0.15, 0.2) is 48.6 Å². The third kappa shape index (κ3) is 2.17. The van der Waals surface area contributed by atoms with E-state index in [1.165, 1.54) is 0 Å². The third-order valence-electron chi connectivity index (χ3n) is 2.79. The Kier molecular flexibility index (Phi) is 3.57. The quantitative estimate of drug-likeness (QED) is 0.673. The van der Waals surface area contributed by atoms with Crippen LogP contribution in [0.5, 0.6) is 0 Å². The molecule has 0 bridgehead atoms. The van der Waals surface area contributed by atoms with Crippen molar-refractivity contribution in [2.24, 2.45) is 0 Å². The van der Waals surface area contributed by atoms with Crippen molar-refractivity contribution in [3.63, 3.8) is 0 Å². The van der Waals surface area contributed by atoms with Crippen LogP contribution in [-0.2, 0) is 20.4 Å². The summed E-state index contributed by atoms with van der Waals surface area (Å²) in [4.78, 5) is 0. The van der Waals surface area contributed by atoms with Gasteiger partial charge in [-0.15, -0.1) is 0 Å². The molecule has 0 nitrogen and oxygen atoms in total. The Bertz CT molecular complexity index is 322. The molecule has 0 unspecified atom stereocenters. The van der Waals surface area contributed by atoms with Crippen LogP contribution in [0.25, 0.3) is 0 Å². The molecule has 0 spiro atoms. The summed E-state index contributed by atoms with van der Waals surface area (Å²) >= 11 is -1.27. The zero-order valence-electron chi connectivity index (χ0n) is 10.8. The first-order chi connectivity index (χ1) is 6.79. The van der Waals surface area contributed by atoms with Crippen molar-refractivity contribution in [2.45, 2.75) is 20.3 Å². The van der Waals surface area contributed by atoms with Crippen molar-refractivity contribution >= 4 is 5.43 Å². The van der Waals surface area contributed by atoms with Gasteiger partial charge in [0, 0.05) is 0 Å². The Morgan fingerprint density at radius 2 is 1.21 bits per heavy atom. The van der Waals surface area contributed by atoms with E-state index in [2.05, 4.69) is 61.7 Å². The molecule has 2 heteroatoms. The zero-order chi connectivity index (χ0) is 9.97. The smallest absolute Gasteiger partial charge is 1.00 e. The number of hydrogen-bond donors (Lipinski definition) is 0. The number of hydrogen-bond acceptors (Lipinski definition) is 0. The normalized spacial score (nSPS) is 19.2. The van der Waals surface area contributed by atoms with E-state index in [0.717, 1.165) is 7.25 Å². The van der Waals surface area contributed by atoms with Crippen molar-refractivity contribution in [3.8, 4) is 0 Å². The summed E-state index contributed by atoms with van der Waals surface area (Å²) < 4.78 is 1.75. The van der Waals surface area contributed by atoms with Gasteiger partial charge in [-0.25, -0.2) is 0 Å². The van der Waals surface area contributed by atoms with Gasteiger partial charge in [0.25, 0.3) is 0 Å². The minimum Gasteiger partial charge on any atom is -1.00 e. The van der Waals surface area contributed by atoms with Crippen LogP contribution in [0.4, 0.5) is 0 Å². The van der Waals surface area contributed by atoms with Crippen molar-refractivity contribution in [1.29, 1.82) is 0 Å². The topological polar surface area (TPSA) is 0 Å². The first-order valence-corrected chi connectivity index (χ1v) is 14.2. The van der Waals surface area contributed by atoms with Crippen LogP contribution in [-0.4, -0.2) is 5.43 Å². The Morgan fingerprint density at radius 1 is 0.857 bits per heavy atom. The van der Waals surface area contributed by atoms with Gasteiger partial charge in [-0.3, -0.25) is 0 Å². The molecule has 0 amide bonds. The average Bonchev–Trinajstić information content (AvgIpc) is 2.75. The van der Waals surface area contributed by atoms with Gasteiger partial charge in [-0.05, 0) is 0 Å². The monoisotopic (exact) mass is 280 g/mol. The molecule has 14 heavy (non-hydrogen) atoms. The second-order valence-electron chi connectivity index (χ2n) is 4.05. The number of allylic oxidation sites excluding steroid dienone is 8. The summed E-state index contributed by atoms with van der Waals surface area (Å²) in [5.74, 6) is 0. The Balaban J connectivity index is 0.00000112. The molecule has 0 radical (unpaired) electrons. The Labute approximate surface area is 97.3 Å². The molecule has 2 rings (SSSR count). The van der Waals surface area contributed by atoms with Crippen molar-refractivity contribution in [2.75, 3.05) is 0 Å². The molecule has 74 valence electrons. The number of rotatable bonds is 2. The summed E-state index contributed by atoms with van der Waals surface area (Å²) in [6, 6.07) is 0. The molecular weight excluding hydrogens is 263 g/mol. The van der Waals surface area contributed by atoms with E-state index in [1.807, 2.05) is 0 Å². The van der Waals surface area contributed by atoms with Crippen molar-refractivity contribution in [1.82, 2.24) is 0 Å². The first kappa shape index (κ1) is 10.6. The van der Waals surface area contributed by atoms with Crippen LogP contribution >= 0.6 is 0 Å². The Morgan fingerprint density at radius 3 is 1.50 bits per heavy atom. The predicted octanol–water partition coefficient (Wildman–Crippen LogP) is 3.91. The van der Waals surface area contributed by atoms with Crippen LogP contribution < -0.4 is 0 Å². The molecule has 0 aromatic rings.